The Morgan fingerprint density at radius 1 is 0.938 bits per heavy atom. The Morgan fingerprint density at radius 2 is 1.53 bits per heavy atom. The van der Waals surface area contributed by atoms with Gasteiger partial charge in [-0.1, -0.05) is 40.3 Å². The summed E-state index contributed by atoms with van der Waals surface area (Å²) in [5.41, 5.74) is 0.0169. The van der Waals surface area contributed by atoms with Crippen molar-refractivity contribution in [3.8, 4) is 11.5 Å². The molecule has 0 fully saturated rings. The third kappa shape index (κ3) is 8.24. The fourth-order valence-corrected chi connectivity index (χ4v) is 2.80. The number of allylic oxidation sites excluding steroid dienone is 3. The molecule has 0 spiro atoms. The van der Waals surface area contributed by atoms with Gasteiger partial charge in [-0.2, -0.15) is 13.2 Å². The zero-order chi connectivity index (χ0) is 24.3. The van der Waals surface area contributed by atoms with E-state index >= 15 is 0 Å². The van der Waals surface area contributed by atoms with Gasteiger partial charge in [0.1, 0.15) is 0 Å². The van der Waals surface area contributed by atoms with Crippen LogP contribution >= 0.6 is 0 Å². The predicted molar refractivity (Wildman–Crippen MR) is 119 cm³/mol. The molecule has 1 rings (SSSR count). The maximum atomic E-state index is 14.3. The molecule has 0 aliphatic carbocycles. The predicted octanol–water partition coefficient (Wildman–Crippen LogP) is 7.83. The lowest BCUT2D eigenvalue weighted by atomic mass is 9.92. The van der Waals surface area contributed by atoms with E-state index in [2.05, 4.69) is 13.2 Å². The van der Waals surface area contributed by atoms with Crippen LogP contribution in [0.25, 0.3) is 0 Å². The van der Waals surface area contributed by atoms with Gasteiger partial charge in [0.2, 0.25) is 11.6 Å². The van der Waals surface area contributed by atoms with Crippen LogP contribution in [0.2, 0.25) is 0 Å². The molecule has 2 unspecified atom stereocenters. The van der Waals surface area contributed by atoms with Crippen LogP contribution in [0, 0.1) is 23.5 Å². The molecule has 0 amide bonds. The van der Waals surface area contributed by atoms with Crippen molar-refractivity contribution in [3.05, 3.63) is 59.9 Å². The van der Waals surface area contributed by atoms with Crippen molar-refractivity contribution >= 4 is 0 Å². The van der Waals surface area contributed by atoms with Crippen LogP contribution < -0.4 is 9.47 Å². The molecular formula is C25H34F4O3. The number of halogens is 4. The molecule has 0 N–H and O–H groups in total. The smallest absolute Gasteiger partial charge is 0.204 e. The van der Waals surface area contributed by atoms with E-state index in [0.717, 1.165) is 12.8 Å². The van der Waals surface area contributed by atoms with Crippen LogP contribution in [0.5, 0.6) is 11.5 Å². The second-order valence-corrected chi connectivity index (χ2v) is 7.80. The summed E-state index contributed by atoms with van der Waals surface area (Å²) >= 11 is 0. The quantitative estimate of drug-likeness (QED) is 0.116. The second kappa shape index (κ2) is 13.9. The van der Waals surface area contributed by atoms with Crippen LogP contribution in [0.3, 0.4) is 0 Å². The van der Waals surface area contributed by atoms with Gasteiger partial charge in [0.05, 0.1) is 19.8 Å². The average molecular weight is 459 g/mol. The maximum absolute atomic E-state index is 14.3. The summed E-state index contributed by atoms with van der Waals surface area (Å²) in [4.78, 5) is 0. The molecule has 2 atom stereocenters. The zero-order valence-corrected chi connectivity index (χ0v) is 19.4. The highest BCUT2D eigenvalue weighted by Gasteiger charge is 2.20. The second-order valence-electron chi connectivity index (χ2n) is 7.80. The van der Waals surface area contributed by atoms with E-state index in [1.165, 1.54) is 12.1 Å². The van der Waals surface area contributed by atoms with Crippen molar-refractivity contribution in [1.82, 2.24) is 0 Å². The van der Waals surface area contributed by atoms with E-state index in [0.29, 0.717) is 19.4 Å². The van der Waals surface area contributed by atoms with Crippen molar-refractivity contribution < 1.29 is 31.8 Å². The summed E-state index contributed by atoms with van der Waals surface area (Å²) < 4.78 is 72.2. The minimum atomic E-state index is -1.15. The molecule has 32 heavy (non-hydrogen) atoms. The molecule has 1 aromatic rings. The lowest BCUT2D eigenvalue weighted by Gasteiger charge is -2.18. The number of hydrogen-bond acceptors (Lipinski definition) is 3. The molecule has 180 valence electrons. The molecule has 0 radical (unpaired) electrons. The molecular weight excluding hydrogens is 424 g/mol. The monoisotopic (exact) mass is 458 g/mol. The Balaban J connectivity index is 2.58. The topological polar surface area (TPSA) is 27.7 Å². The zero-order valence-electron chi connectivity index (χ0n) is 19.4. The maximum Gasteiger partial charge on any atom is 0.204 e. The summed E-state index contributed by atoms with van der Waals surface area (Å²) in [5.74, 6) is -5.47. The lowest BCUT2D eigenvalue weighted by Crippen LogP contribution is -2.12. The Kier molecular flexibility index (Phi) is 12.0. The molecule has 0 saturated carbocycles. The Labute approximate surface area is 188 Å². The van der Waals surface area contributed by atoms with Gasteiger partial charge < -0.3 is 14.2 Å². The Bertz CT molecular complexity index is 805. The Hall–Kier alpha value is -2.44. The molecule has 1 aromatic carbocycles. The van der Waals surface area contributed by atoms with E-state index in [1.54, 1.807) is 13.8 Å². The lowest BCUT2D eigenvalue weighted by molar-refractivity contribution is 0.223. The fraction of sp³-hybridized carbons (Fsp3) is 0.520. The number of benzene rings is 1. The minimum Gasteiger partial charge on any atom is -0.491 e. The van der Waals surface area contributed by atoms with Gasteiger partial charge in [-0.25, -0.2) is 4.39 Å². The molecule has 0 bridgehead atoms. The number of unbranched alkanes of at least 4 members (excludes halogenated alkanes) is 1. The highest BCUT2D eigenvalue weighted by atomic mass is 19.2. The van der Waals surface area contributed by atoms with Crippen LogP contribution in [-0.2, 0) is 4.74 Å². The van der Waals surface area contributed by atoms with Gasteiger partial charge >= 0.3 is 0 Å². The summed E-state index contributed by atoms with van der Waals surface area (Å²) in [6.07, 6.45) is 2.72. The minimum absolute atomic E-state index is 0.0169. The van der Waals surface area contributed by atoms with Gasteiger partial charge in [0.15, 0.2) is 28.9 Å². The third-order valence-electron chi connectivity index (χ3n) is 5.02. The van der Waals surface area contributed by atoms with Crippen molar-refractivity contribution in [2.75, 3.05) is 19.8 Å². The van der Waals surface area contributed by atoms with E-state index in [9.17, 15) is 17.6 Å². The van der Waals surface area contributed by atoms with Crippen LogP contribution in [0.15, 0.2) is 48.3 Å². The van der Waals surface area contributed by atoms with Crippen LogP contribution in [-0.4, -0.2) is 19.8 Å². The van der Waals surface area contributed by atoms with Crippen molar-refractivity contribution in [1.29, 1.82) is 0 Å². The molecule has 7 heteroatoms. The number of rotatable bonds is 15. The first-order chi connectivity index (χ1) is 15.1. The average Bonchev–Trinajstić information content (AvgIpc) is 2.78. The van der Waals surface area contributed by atoms with Crippen molar-refractivity contribution in [2.45, 2.75) is 53.4 Å². The summed E-state index contributed by atoms with van der Waals surface area (Å²) in [7, 11) is 0. The highest BCUT2D eigenvalue weighted by Crippen LogP contribution is 2.31. The van der Waals surface area contributed by atoms with E-state index in [4.69, 9.17) is 14.2 Å². The van der Waals surface area contributed by atoms with Crippen LogP contribution in [0.4, 0.5) is 17.6 Å². The van der Waals surface area contributed by atoms with Crippen molar-refractivity contribution in [3.63, 3.8) is 0 Å². The number of hydrogen-bond donors (Lipinski definition) is 0. The van der Waals surface area contributed by atoms with E-state index < -0.39 is 23.3 Å². The van der Waals surface area contributed by atoms with Gasteiger partial charge in [0.25, 0.3) is 0 Å². The van der Waals surface area contributed by atoms with Crippen molar-refractivity contribution in [2.24, 2.45) is 11.8 Å². The van der Waals surface area contributed by atoms with Gasteiger partial charge in [-0.05, 0) is 55.7 Å². The van der Waals surface area contributed by atoms with Gasteiger partial charge in [-0.3, -0.25) is 0 Å². The first-order valence-corrected chi connectivity index (χ1v) is 10.9. The molecule has 0 aliphatic rings. The number of ether oxygens (including phenoxy) is 3. The third-order valence-corrected chi connectivity index (χ3v) is 5.02. The van der Waals surface area contributed by atoms with Gasteiger partial charge in [0, 0.05) is 0 Å². The molecule has 0 heterocycles. The summed E-state index contributed by atoms with van der Waals surface area (Å²) in [6, 6.07) is 2.69. The molecule has 0 saturated heterocycles. The standard InChI is InChI=1S/C25H34F4O3/c1-7-9-14-31-20-12-13-21(25(29)24(20)28)32-15-16(3)10-11-17(4)18(5)22(26)23(27)19(6)30-8-2/h12-13,16-17H,5-11,14-15H2,1-4H3/b23-22-. The first kappa shape index (κ1) is 27.6. The van der Waals surface area contributed by atoms with E-state index in [1.807, 2.05) is 13.8 Å². The molecule has 0 aromatic heterocycles. The first-order valence-electron chi connectivity index (χ1n) is 10.9. The summed E-state index contributed by atoms with van der Waals surface area (Å²) in [5, 5.41) is 0. The normalized spacial score (nSPS) is 13.8. The molecule has 0 aliphatic heterocycles. The largest absolute Gasteiger partial charge is 0.491 e. The fourth-order valence-electron chi connectivity index (χ4n) is 2.80. The summed E-state index contributed by atoms with van der Waals surface area (Å²) in [6.45, 7) is 14.8. The van der Waals surface area contributed by atoms with Gasteiger partial charge in [-0.15, -0.1) is 0 Å². The van der Waals surface area contributed by atoms with E-state index in [-0.39, 0.29) is 47.9 Å². The molecule has 3 nitrogen and oxygen atoms in total. The Morgan fingerprint density at radius 3 is 2.09 bits per heavy atom. The SMILES string of the molecule is C=C(OCC)/C(F)=C(/F)C(=C)C(C)CCC(C)COc1ccc(OCCCC)c(F)c1F. The highest BCUT2D eigenvalue weighted by molar-refractivity contribution is 5.35. The van der Waals surface area contributed by atoms with Crippen LogP contribution in [0.1, 0.15) is 53.4 Å².